The van der Waals surface area contributed by atoms with E-state index in [2.05, 4.69) is 20.0 Å². The Bertz CT molecular complexity index is 1330. The van der Waals surface area contributed by atoms with E-state index < -0.39 is 56.5 Å². The van der Waals surface area contributed by atoms with Crippen molar-refractivity contribution >= 4 is 30.8 Å². The number of benzene rings is 1. The summed E-state index contributed by atoms with van der Waals surface area (Å²) < 4.78 is 29.3. The Hall–Kier alpha value is -3.21. The molecule has 4 rings (SSSR count). The van der Waals surface area contributed by atoms with Gasteiger partial charge in [-0.05, 0) is 12.0 Å². The number of rotatable bonds is 9. The van der Waals surface area contributed by atoms with Gasteiger partial charge in [-0.2, -0.15) is 4.98 Å². The maximum atomic E-state index is 12.7. The van der Waals surface area contributed by atoms with Crippen molar-refractivity contribution in [2.45, 2.75) is 37.0 Å². The van der Waals surface area contributed by atoms with Crippen LogP contribution in [0.4, 0.5) is 5.95 Å². The van der Waals surface area contributed by atoms with Crippen molar-refractivity contribution in [1.29, 1.82) is 0 Å². The average molecular weight is 541 g/mol. The number of nitrogens with two attached hydrogens (primary N) is 1. The number of fused-ring (bicyclic) bond motifs is 1. The van der Waals surface area contributed by atoms with Gasteiger partial charge in [0.15, 0.2) is 17.4 Å². The number of hydrogen-bond acceptors (Lipinski definition) is 12. The molecule has 0 spiro atoms. The van der Waals surface area contributed by atoms with Crippen LogP contribution in [0.5, 0.6) is 0 Å². The molecule has 1 aliphatic heterocycles. The van der Waals surface area contributed by atoms with Crippen LogP contribution >= 0.6 is 7.75 Å². The summed E-state index contributed by atoms with van der Waals surface area (Å²) in [7, 11) is -3.46. The number of ether oxygens (including phenoxy) is 2. The van der Waals surface area contributed by atoms with E-state index >= 15 is 0 Å². The van der Waals surface area contributed by atoms with E-state index in [0.717, 1.165) is 7.11 Å². The highest BCUT2D eigenvalue weighted by Crippen LogP contribution is 2.40. The number of nitrogens with one attached hydrogen (secondary N) is 2. The number of aromatic amines is 1. The number of aliphatic hydroxyl groups is 2. The summed E-state index contributed by atoms with van der Waals surface area (Å²) in [5.41, 5.74) is 5.62. The van der Waals surface area contributed by atoms with Crippen molar-refractivity contribution in [2.75, 3.05) is 19.5 Å². The first-order valence-electron chi connectivity index (χ1n) is 10.7. The molecule has 202 valence electrons. The Morgan fingerprint density at radius 1 is 1.32 bits per heavy atom. The van der Waals surface area contributed by atoms with Crippen LogP contribution in [0.15, 0.2) is 41.5 Å². The van der Waals surface area contributed by atoms with E-state index in [1.807, 2.05) is 0 Å². The normalized spacial score (nSPS) is 23.8. The number of anilines is 1. The second kappa shape index (κ2) is 11.5. The maximum absolute atomic E-state index is 12.7. The summed E-state index contributed by atoms with van der Waals surface area (Å²) in [6, 6.07) is 7.56. The van der Waals surface area contributed by atoms with Gasteiger partial charge in [0.05, 0.1) is 20.0 Å². The zero-order valence-corrected chi connectivity index (χ0v) is 20.5. The maximum Gasteiger partial charge on any atom is 0.403 e. The summed E-state index contributed by atoms with van der Waals surface area (Å²) >= 11 is 0. The van der Waals surface area contributed by atoms with Gasteiger partial charge in [-0.25, -0.2) is 14.6 Å². The van der Waals surface area contributed by atoms with Crippen LogP contribution in [-0.4, -0.2) is 78.7 Å². The minimum Gasteiger partial charge on any atom is -0.468 e. The number of esters is 1. The molecule has 0 bridgehead atoms. The molecule has 1 saturated heterocycles. The summed E-state index contributed by atoms with van der Waals surface area (Å²) in [6.07, 6.45) is -4.33. The van der Waals surface area contributed by atoms with Gasteiger partial charge >= 0.3 is 13.7 Å². The van der Waals surface area contributed by atoms with E-state index in [-0.39, 0.29) is 29.7 Å². The summed E-state index contributed by atoms with van der Waals surface area (Å²) in [6.45, 7) is -0.627. The number of imidazole rings is 1. The van der Waals surface area contributed by atoms with Gasteiger partial charge in [-0.15, -0.1) is 0 Å². The van der Waals surface area contributed by atoms with Crippen LogP contribution in [0, 0.1) is 0 Å². The number of H-pyrrole nitrogens is 1. The number of aliphatic hydroxyl groups excluding tert-OH is 2. The van der Waals surface area contributed by atoms with Crippen LogP contribution < -0.4 is 22.5 Å². The molecule has 1 aliphatic rings. The van der Waals surface area contributed by atoms with Crippen LogP contribution in [0.2, 0.25) is 0 Å². The van der Waals surface area contributed by atoms with Crippen LogP contribution in [0.1, 0.15) is 11.8 Å². The third kappa shape index (κ3) is 6.20. The third-order valence-electron chi connectivity index (χ3n) is 5.56. The molecule has 6 atom stereocenters. The zero-order chi connectivity index (χ0) is 26.0. The van der Waals surface area contributed by atoms with E-state index in [1.54, 1.807) is 30.3 Å². The Morgan fingerprint density at radius 2 is 2.03 bits per heavy atom. The van der Waals surface area contributed by atoms with Gasteiger partial charge in [0.1, 0.15) is 24.4 Å². The highest BCUT2D eigenvalue weighted by atomic mass is 31.2. The molecule has 1 fully saturated rings. The lowest BCUT2D eigenvalue weighted by Crippen LogP contribution is -2.39. The van der Waals surface area contributed by atoms with Crippen molar-refractivity contribution < 1.29 is 38.5 Å². The van der Waals surface area contributed by atoms with Gasteiger partial charge in [-0.1, -0.05) is 30.3 Å². The molecule has 2 aromatic heterocycles. The molecule has 0 aliphatic carbocycles. The fourth-order valence-corrected chi connectivity index (χ4v) is 4.82. The number of carbonyl (C=O) groups is 1. The number of nitrogens with zero attached hydrogens (tertiary/aromatic N) is 3. The molecular weight excluding hydrogens is 513 g/mol. The minimum absolute atomic E-state index is 0. The Kier molecular flexibility index (Phi) is 8.78. The van der Waals surface area contributed by atoms with Gasteiger partial charge in [0.25, 0.3) is 5.56 Å². The van der Waals surface area contributed by atoms with Crippen LogP contribution in [0.25, 0.3) is 11.2 Å². The second-order valence-electron chi connectivity index (χ2n) is 8.03. The summed E-state index contributed by atoms with van der Waals surface area (Å²) in [4.78, 5) is 44.7. The van der Waals surface area contributed by atoms with Crippen molar-refractivity contribution in [1.82, 2.24) is 30.8 Å². The lowest BCUT2D eigenvalue weighted by Gasteiger charge is -2.22. The fourth-order valence-electron chi connectivity index (χ4n) is 3.81. The van der Waals surface area contributed by atoms with Crippen molar-refractivity contribution in [2.24, 2.45) is 0 Å². The Morgan fingerprint density at radius 3 is 2.70 bits per heavy atom. The van der Waals surface area contributed by atoms with E-state index in [4.69, 9.17) is 19.7 Å². The third-order valence-corrected chi connectivity index (χ3v) is 6.70. The van der Waals surface area contributed by atoms with Crippen molar-refractivity contribution in [3.05, 3.63) is 52.6 Å². The molecule has 3 aromatic rings. The van der Waals surface area contributed by atoms with Gasteiger partial charge in [-0.3, -0.25) is 23.7 Å². The SMILES string of the molecule is COC(=O)[C@H](Cc1ccccc1)NP(=O)(O)OC[C@H]1O[C@@H](n2cnc3c(=O)[nH]c(N)nc32)[C@H](O)[C@@H]1O.N. The number of hydrogen-bond donors (Lipinski definition) is 7. The summed E-state index contributed by atoms with van der Waals surface area (Å²) in [5.74, 6) is -0.969. The van der Waals surface area contributed by atoms with E-state index in [1.165, 1.54) is 10.9 Å². The first-order chi connectivity index (χ1) is 17.1. The van der Waals surface area contributed by atoms with E-state index in [9.17, 15) is 29.3 Å². The van der Waals surface area contributed by atoms with Crippen molar-refractivity contribution in [3.8, 4) is 0 Å². The standard InChI is InChI=1S/C20H25N6O9P.H3N/c1-33-19(30)11(7-10-5-3-2-4-6-10)25-36(31,32)34-8-12-14(27)15(28)18(35-12)26-9-22-13-16(26)23-20(21)24-17(13)29;/h2-6,9,11-12,14-15,18,27-28H,7-8H2,1H3,(H2,25,31,32)(H3,21,23,24,29);1H3/t11-,12+,14+,15+,18+;/m0./s1. The second-order valence-corrected chi connectivity index (χ2v) is 9.59. The predicted molar refractivity (Wildman–Crippen MR) is 128 cm³/mol. The largest absolute Gasteiger partial charge is 0.468 e. The molecular formula is C20H28N7O9P. The molecule has 37 heavy (non-hydrogen) atoms. The number of carbonyl (C=O) groups excluding carboxylic acids is 1. The topological polar surface area (TPSA) is 259 Å². The lowest BCUT2D eigenvalue weighted by molar-refractivity contribution is -0.142. The Labute approximate surface area is 209 Å². The molecule has 0 amide bonds. The van der Waals surface area contributed by atoms with Crippen LogP contribution in [0.3, 0.4) is 0 Å². The molecule has 10 N–H and O–H groups in total. The molecule has 17 heteroatoms. The van der Waals surface area contributed by atoms with Crippen LogP contribution in [-0.2, 0) is 29.8 Å². The quantitative estimate of drug-likeness (QED) is 0.126. The van der Waals surface area contributed by atoms with Gasteiger partial charge in [0.2, 0.25) is 5.95 Å². The number of aromatic nitrogens is 4. The molecule has 0 saturated carbocycles. The van der Waals surface area contributed by atoms with Gasteiger partial charge in [0, 0.05) is 0 Å². The zero-order valence-electron chi connectivity index (χ0n) is 19.6. The molecule has 0 radical (unpaired) electrons. The molecule has 1 unspecified atom stereocenters. The monoisotopic (exact) mass is 541 g/mol. The number of nitrogen functional groups attached to an aromatic ring is 1. The predicted octanol–water partition coefficient (Wildman–Crippen LogP) is -1.03. The highest BCUT2D eigenvalue weighted by molar-refractivity contribution is 7.50. The van der Waals surface area contributed by atoms with E-state index in [0.29, 0.717) is 5.56 Å². The molecule has 1 aromatic carbocycles. The highest BCUT2D eigenvalue weighted by Gasteiger charge is 2.45. The lowest BCUT2D eigenvalue weighted by atomic mass is 10.1. The van der Waals surface area contributed by atoms with Gasteiger partial charge < -0.3 is 36.5 Å². The average Bonchev–Trinajstić information content (AvgIpc) is 3.38. The summed E-state index contributed by atoms with van der Waals surface area (Å²) in [5, 5.41) is 23.2. The first kappa shape index (κ1) is 28.4. The molecule has 16 nitrogen and oxygen atoms in total. The minimum atomic E-state index is -4.60. The Balaban J connectivity index is 0.00000380. The smallest absolute Gasteiger partial charge is 0.403 e. The number of methoxy groups -OCH3 is 1. The molecule has 3 heterocycles. The fraction of sp³-hybridized carbons (Fsp3) is 0.400. The first-order valence-corrected chi connectivity index (χ1v) is 12.3. The van der Waals surface area contributed by atoms with Crippen molar-refractivity contribution in [3.63, 3.8) is 0 Å².